The van der Waals surface area contributed by atoms with Gasteiger partial charge in [0.15, 0.2) is 0 Å². The number of amides is 2. The predicted molar refractivity (Wildman–Crippen MR) is 73.3 cm³/mol. The van der Waals surface area contributed by atoms with Gasteiger partial charge in [0.2, 0.25) is 0 Å². The minimum Gasteiger partial charge on any atom is -0.318 e. The number of anilines is 1. The van der Waals surface area contributed by atoms with Crippen molar-refractivity contribution in [3.05, 3.63) is 42.5 Å². The van der Waals surface area contributed by atoms with Crippen LogP contribution in [0.4, 0.5) is 23.7 Å². The first-order chi connectivity index (χ1) is 10.3. The second-order valence-electron chi connectivity index (χ2n) is 4.65. The lowest BCUT2D eigenvalue weighted by Gasteiger charge is -2.18. The molecule has 2 heterocycles. The number of rotatable bonds is 4. The van der Waals surface area contributed by atoms with Gasteiger partial charge in [-0.2, -0.15) is 18.3 Å². The van der Waals surface area contributed by atoms with E-state index >= 15 is 0 Å². The van der Waals surface area contributed by atoms with Crippen molar-refractivity contribution in [3.63, 3.8) is 0 Å². The number of hydrogen-bond acceptors (Lipinski definition) is 3. The molecule has 0 fully saturated rings. The molecule has 118 valence electrons. The smallest absolute Gasteiger partial charge is 0.318 e. The number of carbonyl (C=O) groups is 1. The number of nitrogens with one attached hydrogen (secondary N) is 1. The average Bonchev–Trinajstić information content (AvgIpc) is 2.85. The van der Waals surface area contributed by atoms with Crippen LogP contribution in [0.3, 0.4) is 0 Å². The van der Waals surface area contributed by atoms with E-state index in [-0.39, 0.29) is 0 Å². The summed E-state index contributed by atoms with van der Waals surface area (Å²) in [5.41, 5.74) is 1.09. The van der Waals surface area contributed by atoms with Crippen molar-refractivity contribution in [1.82, 2.24) is 19.7 Å². The lowest BCUT2D eigenvalue weighted by molar-refractivity contribution is -0.137. The topological polar surface area (TPSA) is 63.1 Å². The van der Waals surface area contributed by atoms with Crippen LogP contribution in [0.2, 0.25) is 0 Å². The summed E-state index contributed by atoms with van der Waals surface area (Å²) in [5, 5.41) is 6.37. The van der Waals surface area contributed by atoms with Gasteiger partial charge < -0.3 is 10.2 Å². The highest BCUT2D eigenvalue weighted by Gasteiger charge is 2.31. The molecule has 0 aliphatic carbocycles. The number of urea groups is 1. The van der Waals surface area contributed by atoms with Gasteiger partial charge in [-0.1, -0.05) is 6.07 Å². The van der Waals surface area contributed by atoms with E-state index in [1.54, 1.807) is 12.3 Å². The zero-order valence-corrected chi connectivity index (χ0v) is 11.7. The van der Waals surface area contributed by atoms with Crippen molar-refractivity contribution >= 4 is 11.7 Å². The fourth-order valence-electron chi connectivity index (χ4n) is 1.73. The van der Waals surface area contributed by atoms with Gasteiger partial charge in [-0.3, -0.25) is 9.67 Å². The Morgan fingerprint density at radius 3 is 2.82 bits per heavy atom. The van der Waals surface area contributed by atoms with Crippen molar-refractivity contribution in [2.45, 2.75) is 12.7 Å². The van der Waals surface area contributed by atoms with E-state index in [2.05, 4.69) is 15.4 Å². The molecular formula is C13H14F3N5O. The van der Waals surface area contributed by atoms with Crippen LogP contribution >= 0.6 is 0 Å². The molecule has 22 heavy (non-hydrogen) atoms. The molecule has 2 amide bonds. The Labute approximate surface area is 124 Å². The third-order valence-electron chi connectivity index (χ3n) is 2.70. The number of carbonyl (C=O) groups excluding carboxylic acids is 1. The van der Waals surface area contributed by atoms with Crippen LogP contribution < -0.4 is 5.32 Å². The fourth-order valence-corrected chi connectivity index (χ4v) is 1.73. The van der Waals surface area contributed by atoms with Crippen molar-refractivity contribution in [2.75, 3.05) is 18.9 Å². The van der Waals surface area contributed by atoms with Gasteiger partial charge in [0, 0.05) is 19.4 Å². The van der Waals surface area contributed by atoms with Crippen LogP contribution in [0.5, 0.6) is 0 Å². The van der Waals surface area contributed by atoms with Gasteiger partial charge in [0.25, 0.3) is 0 Å². The molecule has 1 N–H and O–H groups in total. The molecule has 9 heteroatoms. The normalized spacial score (nSPS) is 11.3. The van der Waals surface area contributed by atoms with Crippen LogP contribution in [-0.2, 0) is 6.54 Å². The zero-order chi connectivity index (χ0) is 16.2. The molecule has 0 bridgehead atoms. The van der Waals surface area contributed by atoms with Crippen molar-refractivity contribution in [1.29, 1.82) is 0 Å². The summed E-state index contributed by atoms with van der Waals surface area (Å²) in [6.45, 7) is -0.921. The average molecular weight is 313 g/mol. The lowest BCUT2D eigenvalue weighted by atomic mass is 10.3. The van der Waals surface area contributed by atoms with E-state index in [1.807, 2.05) is 12.1 Å². The Kier molecular flexibility index (Phi) is 4.64. The quantitative estimate of drug-likeness (QED) is 0.942. The van der Waals surface area contributed by atoms with Gasteiger partial charge in [-0.15, -0.1) is 0 Å². The van der Waals surface area contributed by atoms with Gasteiger partial charge in [0.1, 0.15) is 6.54 Å². The van der Waals surface area contributed by atoms with Crippen molar-refractivity contribution < 1.29 is 18.0 Å². The Morgan fingerprint density at radius 1 is 1.41 bits per heavy atom. The van der Waals surface area contributed by atoms with Crippen LogP contribution in [0.1, 0.15) is 5.69 Å². The molecule has 2 aromatic heterocycles. The van der Waals surface area contributed by atoms with E-state index < -0.39 is 18.8 Å². The summed E-state index contributed by atoms with van der Waals surface area (Å²) in [7, 11) is 1.07. The third kappa shape index (κ3) is 4.76. The first-order valence-electron chi connectivity index (χ1n) is 6.35. The molecule has 0 saturated carbocycles. The standard InChI is InChI=1S/C13H14F3N5O/c1-20(9-13(14,15)16)12(22)19-11-6-18-21(8-11)7-10-4-2-3-5-17-10/h2-6,8H,7,9H2,1H3,(H,19,22). The SMILES string of the molecule is CN(CC(F)(F)F)C(=O)Nc1cnn(Cc2ccccn2)c1. The first-order valence-corrected chi connectivity index (χ1v) is 6.35. The number of hydrogen-bond donors (Lipinski definition) is 1. The molecule has 0 saturated heterocycles. The molecule has 6 nitrogen and oxygen atoms in total. The summed E-state index contributed by atoms with van der Waals surface area (Å²) in [6.07, 6.45) is 0.0964. The van der Waals surface area contributed by atoms with Gasteiger partial charge >= 0.3 is 12.2 Å². The monoisotopic (exact) mass is 313 g/mol. The zero-order valence-electron chi connectivity index (χ0n) is 11.7. The number of alkyl halides is 3. The van der Waals surface area contributed by atoms with Crippen LogP contribution in [-0.4, -0.2) is 45.5 Å². The first kappa shape index (κ1) is 15.8. The summed E-state index contributed by atoms with van der Waals surface area (Å²) in [4.78, 5) is 16.3. The Morgan fingerprint density at radius 2 is 2.18 bits per heavy atom. The third-order valence-corrected chi connectivity index (χ3v) is 2.70. The summed E-state index contributed by atoms with van der Waals surface area (Å²) in [6, 6.07) is 4.58. The molecule has 2 aromatic rings. The number of nitrogens with zero attached hydrogens (tertiary/aromatic N) is 4. The van der Waals surface area contributed by atoms with E-state index in [0.29, 0.717) is 17.1 Å². The van der Waals surface area contributed by atoms with Gasteiger partial charge in [-0.05, 0) is 12.1 Å². The van der Waals surface area contributed by atoms with Crippen molar-refractivity contribution in [3.8, 4) is 0 Å². The van der Waals surface area contributed by atoms with Gasteiger partial charge in [-0.25, -0.2) is 4.79 Å². The second kappa shape index (κ2) is 6.46. The van der Waals surface area contributed by atoms with Gasteiger partial charge in [0.05, 0.1) is 24.1 Å². The molecule has 0 aliphatic rings. The molecule has 0 radical (unpaired) electrons. The highest BCUT2D eigenvalue weighted by Crippen LogP contribution is 2.16. The number of pyridine rings is 1. The molecule has 0 spiro atoms. The molecular weight excluding hydrogens is 299 g/mol. The summed E-state index contributed by atoms with van der Waals surface area (Å²) >= 11 is 0. The van der Waals surface area contributed by atoms with Crippen LogP contribution in [0.15, 0.2) is 36.8 Å². The predicted octanol–water partition coefficient (Wildman–Crippen LogP) is 2.35. The number of halogens is 3. The van der Waals surface area contributed by atoms with E-state index in [9.17, 15) is 18.0 Å². The lowest BCUT2D eigenvalue weighted by Crippen LogP contribution is -2.38. The Hall–Kier alpha value is -2.58. The molecule has 0 unspecified atom stereocenters. The maximum absolute atomic E-state index is 12.2. The molecule has 2 rings (SSSR count). The molecule has 0 aliphatic heterocycles. The summed E-state index contributed by atoms with van der Waals surface area (Å²) < 4.78 is 38.1. The van der Waals surface area contributed by atoms with Crippen molar-refractivity contribution in [2.24, 2.45) is 0 Å². The van der Waals surface area contributed by atoms with Crippen LogP contribution in [0.25, 0.3) is 0 Å². The fraction of sp³-hybridized carbons (Fsp3) is 0.308. The van der Waals surface area contributed by atoms with E-state index in [0.717, 1.165) is 12.7 Å². The highest BCUT2D eigenvalue weighted by molar-refractivity contribution is 5.88. The van der Waals surface area contributed by atoms with Crippen LogP contribution in [0, 0.1) is 0 Å². The second-order valence-corrected chi connectivity index (χ2v) is 4.65. The maximum atomic E-state index is 12.2. The summed E-state index contributed by atoms with van der Waals surface area (Å²) in [5.74, 6) is 0. The molecule has 0 atom stereocenters. The number of aromatic nitrogens is 3. The maximum Gasteiger partial charge on any atom is 0.406 e. The largest absolute Gasteiger partial charge is 0.406 e. The van der Waals surface area contributed by atoms with E-state index in [1.165, 1.54) is 17.1 Å². The Bertz CT molecular complexity index is 626. The molecule has 0 aromatic carbocycles. The van der Waals surface area contributed by atoms with E-state index in [4.69, 9.17) is 0 Å². The highest BCUT2D eigenvalue weighted by atomic mass is 19.4. The minimum absolute atomic E-state index is 0.315. The minimum atomic E-state index is -4.44. The Balaban J connectivity index is 1.93.